The molecule has 0 bridgehead atoms. The molecule has 0 radical (unpaired) electrons. The average molecular weight is 516 g/mol. The van der Waals surface area contributed by atoms with Gasteiger partial charge in [0.2, 0.25) is 0 Å². The van der Waals surface area contributed by atoms with Gasteiger partial charge in [0.05, 0.1) is 0 Å². The number of phenolic OH excluding ortho intramolecular Hbond substituents is 2. The van der Waals surface area contributed by atoms with Crippen LogP contribution in [0.15, 0.2) is 45.3 Å². The molecule has 0 aliphatic heterocycles. The third kappa shape index (κ3) is 8.89. The standard InChI is InChI=1S/C20H28Br2N4O2/c21-17-1-3-19(27)15(11-17)13-25-9-7-23-5-6-24-8-10-26-14-16-12-18(22)2-4-20(16)28/h1-4,11-12,23-28H,5-10,13-14H2. The minimum atomic E-state index is 0.316. The summed E-state index contributed by atoms with van der Waals surface area (Å²) in [5.74, 6) is 0.633. The van der Waals surface area contributed by atoms with Crippen molar-refractivity contribution < 1.29 is 10.2 Å². The molecule has 0 aliphatic carbocycles. The highest BCUT2D eigenvalue weighted by Crippen LogP contribution is 2.22. The third-order valence-corrected chi connectivity index (χ3v) is 5.14. The minimum absolute atomic E-state index is 0.316. The first-order chi connectivity index (χ1) is 13.6. The molecule has 0 aromatic heterocycles. The van der Waals surface area contributed by atoms with Crippen molar-refractivity contribution in [2.24, 2.45) is 0 Å². The Hall–Kier alpha value is -1.16. The number of rotatable bonds is 13. The third-order valence-electron chi connectivity index (χ3n) is 4.15. The molecule has 0 spiro atoms. The molecule has 0 saturated carbocycles. The monoisotopic (exact) mass is 514 g/mol. The molecule has 28 heavy (non-hydrogen) atoms. The summed E-state index contributed by atoms with van der Waals surface area (Å²) in [5.41, 5.74) is 1.78. The number of benzene rings is 2. The molecule has 2 aromatic carbocycles. The van der Waals surface area contributed by atoms with Crippen molar-refractivity contribution in [2.75, 3.05) is 39.3 Å². The van der Waals surface area contributed by atoms with Gasteiger partial charge in [-0.15, -0.1) is 0 Å². The number of phenols is 2. The number of hydrogen-bond donors (Lipinski definition) is 6. The van der Waals surface area contributed by atoms with Crippen LogP contribution in [0.3, 0.4) is 0 Å². The molecule has 0 amide bonds. The van der Waals surface area contributed by atoms with E-state index < -0.39 is 0 Å². The van der Waals surface area contributed by atoms with Gasteiger partial charge in [-0.05, 0) is 36.4 Å². The predicted octanol–water partition coefficient (Wildman–Crippen LogP) is 2.68. The van der Waals surface area contributed by atoms with E-state index in [0.29, 0.717) is 24.6 Å². The van der Waals surface area contributed by atoms with Crippen LogP contribution in [-0.4, -0.2) is 49.5 Å². The van der Waals surface area contributed by atoms with Gasteiger partial charge in [0.1, 0.15) is 11.5 Å². The van der Waals surface area contributed by atoms with E-state index in [2.05, 4.69) is 53.1 Å². The Kier molecular flexibility index (Phi) is 10.8. The number of aromatic hydroxyl groups is 2. The summed E-state index contributed by atoms with van der Waals surface area (Å²) in [7, 11) is 0. The van der Waals surface area contributed by atoms with E-state index >= 15 is 0 Å². The molecule has 0 saturated heterocycles. The lowest BCUT2D eigenvalue weighted by Crippen LogP contribution is -2.35. The maximum Gasteiger partial charge on any atom is 0.120 e. The van der Waals surface area contributed by atoms with Gasteiger partial charge in [-0.1, -0.05) is 31.9 Å². The van der Waals surface area contributed by atoms with E-state index in [9.17, 15) is 10.2 Å². The van der Waals surface area contributed by atoms with Crippen molar-refractivity contribution >= 4 is 31.9 Å². The lowest BCUT2D eigenvalue weighted by molar-refractivity contribution is 0.462. The number of hydrogen-bond acceptors (Lipinski definition) is 6. The SMILES string of the molecule is Oc1ccc(Br)cc1CNCCNCCNCCNCc1cc(Br)ccc1O. The van der Waals surface area contributed by atoms with Crippen molar-refractivity contribution in [2.45, 2.75) is 13.1 Å². The van der Waals surface area contributed by atoms with Gasteiger partial charge >= 0.3 is 0 Å². The lowest BCUT2D eigenvalue weighted by Gasteiger charge is -2.10. The van der Waals surface area contributed by atoms with Gasteiger partial charge in [-0.2, -0.15) is 0 Å². The van der Waals surface area contributed by atoms with Gasteiger partial charge in [0.25, 0.3) is 0 Å². The van der Waals surface area contributed by atoms with Gasteiger partial charge < -0.3 is 31.5 Å². The van der Waals surface area contributed by atoms with E-state index in [1.54, 1.807) is 12.1 Å². The molecular formula is C20H28Br2N4O2. The van der Waals surface area contributed by atoms with Gasteiger partial charge in [-0.25, -0.2) is 0 Å². The first-order valence-corrected chi connectivity index (χ1v) is 10.9. The molecule has 0 atom stereocenters. The van der Waals surface area contributed by atoms with Crippen LogP contribution in [0.1, 0.15) is 11.1 Å². The van der Waals surface area contributed by atoms with Gasteiger partial charge in [-0.3, -0.25) is 0 Å². The van der Waals surface area contributed by atoms with E-state index in [1.165, 1.54) is 0 Å². The molecule has 8 heteroatoms. The second-order valence-corrected chi connectivity index (χ2v) is 8.23. The highest BCUT2D eigenvalue weighted by molar-refractivity contribution is 9.10. The highest BCUT2D eigenvalue weighted by Gasteiger charge is 2.02. The van der Waals surface area contributed by atoms with Crippen molar-refractivity contribution in [1.82, 2.24) is 21.3 Å². The van der Waals surface area contributed by atoms with Crippen LogP contribution in [0.4, 0.5) is 0 Å². The van der Waals surface area contributed by atoms with Crippen LogP contribution >= 0.6 is 31.9 Å². The van der Waals surface area contributed by atoms with Crippen LogP contribution in [0.5, 0.6) is 11.5 Å². The zero-order valence-electron chi connectivity index (χ0n) is 15.8. The van der Waals surface area contributed by atoms with Crippen LogP contribution in [0, 0.1) is 0 Å². The summed E-state index contributed by atoms with van der Waals surface area (Å²) >= 11 is 6.82. The summed E-state index contributed by atoms with van der Waals surface area (Å²) in [5, 5.41) is 32.9. The van der Waals surface area contributed by atoms with E-state index in [1.807, 2.05) is 24.3 Å². The minimum Gasteiger partial charge on any atom is -0.508 e. The van der Waals surface area contributed by atoms with Gasteiger partial charge in [0, 0.05) is 72.4 Å². The summed E-state index contributed by atoms with van der Waals surface area (Å²) in [6.45, 7) is 6.50. The largest absolute Gasteiger partial charge is 0.508 e. The second-order valence-electron chi connectivity index (χ2n) is 6.40. The Bertz CT molecular complexity index is 670. The first kappa shape index (κ1) is 23.1. The zero-order valence-corrected chi connectivity index (χ0v) is 18.9. The van der Waals surface area contributed by atoms with E-state index in [4.69, 9.17) is 0 Å². The normalized spacial score (nSPS) is 11.1. The topological polar surface area (TPSA) is 88.6 Å². The lowest BCUT2D eigenvalue weighted by atomic mass is 10.2. The zero-order chi connectivity index (χ0) is 20.2. The predicted molar refractivity (Wildman–Crippen MR) is 121 cm³/mol. The molecular weight excluding hydrogens is 488 g/mol. The molecule has 0 aliphatic rings. The molecule has 6 nitrogen and oxygen atoms in total. The second kappa shape index (κ2) is 13.1. The molecule has 0 heterocycles. The van der Waals surface area contributed by atoms with Crippen molar-refractivity contribution in [3.05, 3.63) is 56.5 Å². The van der Waals surface area contributed by atoms with Crippen LogP contribution in [-0.2, 0) is 13.1 Å². The summed E-state index contributed by atoms with van der Waals surface area (Å²) in [6.07, 6.45) is 0. The highest BCUT2D eigenvalue weighted by atomic mass is 79.9. The fraction of sp³-hybridized carbons (Fsp3) is 0.400. The van der Waals surface area contributed by atoms with Crippen LogP contribution < -0.4 is 21.3 Å². The maximum absolute atomic E-state index is 9.78. The Balaban J connectivity index is 1.41. The van der Waals surface area contributed by atoms with Crippen LogP contribution in [0.2, 0.25) is 0 Å². The summed E-state index contributed by atoms with van der Waals surface area (Å²) in [4.78, 5) is 0. The molecule has 6 N–H and O–H groups in total. The number of nitrogens with one attached hydrogen (secondary N) is 4. The number of halogens is 2. The maximum atomic E-state index is 9.78. The Morgan fingerprint density at radius 3 is 1.32 bits per heavy atom. The first-order valence-electron chi connectivity index (χ1n) is 9.34. The Labute approximate surface area is 183 Å². The average Bonchev–Trinajstić information content (AvgIpc) is 2.67. The van der Waals surface area contributed by atoms with Crippen molar-refractivity contribution in [3.63, 3.8) is 0 Å². The van der Waals surface area contributed by atoms with E-state index in [-0.39, 0.29) is 0 Å². The molecule has 2 rings (SSSR count). The summed E-state index contributed by atoms with van der Waals surface area (Å²) < 4.78 is 1.93. The van der Waals surface area contributed by atoms with E-state index in [0.717, 1.165) is 59.3 Å². The van der Waals surface area contributed by atoms with Gasteiger partial charge in [0.15, 0.2) is 0 Å². The quantitative estimate of drug-likeness (QED) is 0.230. The van der Waals surface area contributed by atoms with Crippen molar-refractivity contribution in [1.29, 1.82) is 0 Å². The Morgan fingerprint density at radius 1 is 0.571 bits per heavy atom. The fourth-order valence-electron chi connectivity index (χ4n) is 2.62. The Morgan fingerprint density at radius 2 is 0.929 bits per heavy atom. The fourth-order valence-corrected chi connectivity index (χ4v) is 3.43. The van der Waals surface area contributed by atoms with Crippen molar-refractivity contribution in [3.8, 4) is 11.5 Å². The summed E-state index contributed by atoms with van der Waals surface area (Å²) in [6, 6.07) is 10.9. The smallest absolute Gasteiger partial charge is 0.120 e. The molecule has 0 fully saturated rings. The molecule has 2 aromatic rings. The van der Waals surface area contributed by atoms with Crippen LogP contribution in [0.25, 0.3) is 0 Å². The molecule has 0 unspecified atom stereocenters. The molecule has 154 valence electrons.